The first-order valence-corrected chi connectivity index (χ1v) is 6.18. The summed E-state index contributed by atoms with van der Waals surface area (Å²) in [5.74, 6) is 2.47. The van der Waals surface area contributed by atoms with Gasteiger partial charge < -0.3 is 10.1 Å². The van der Waals surface area contributed by atoms with Gasteiger partial charge in [-0.1, -0.05) is 13.0 Å². The molecule has 1 aliphatic carbocycles. The van der Waals surface area contributed by atoms with E-state index in [0.29, 0.717) is 6.04 Å². The van der Waals surface area contributed by atoms with Gasteiger partial charge in [0.15, 0.2) is 0 Å². The second-order valence-electron chi connectivity index (χ2n) is 5.19. The molecular formula is C14H19NO. The van der Waals surface area contributed by atoms with Gasteiger partial charge in [0.2, 0.25) is 0 Å². The van der Waals surface area contributed by atoms with E-state index in [1.807, 2.05) is 0 Å². The van der Waals surface area contributed by atoms with Gasteiger partial charge in [-0.05, 0) is 54.5 Å². The molecule has 3 rings (SSSR count). The lowest BCUT2D eigenvalue weighted by Crippen LogP contribution is -2.46. The number of rotatable bonds is 1. The van der Waals surface area contributed by atoms with E-state index in [0.717, 1.165) is 24.1 Å². The molecule has 3 atom stereocenters. The van der Waals surface area contributed by atoms with E-state index in [1.54, 1.807) is 7.11 Å². The summed E-state index contributed by atoms with van der Waals surface area (Å²) in [5.41, 5.74) is 3.05. The Balaban J connectivity index is 2.04. The predicted molar refractivity (Wildman–Crippen MR) is 65.0 cm³/mol. The molecule has 1 fully saturated rings. The van der Waals surface area contributed by atoms with Crippen LogP contribution in [0, 0.1) is 5.92 Å². The summed E-state index contributed by atoms with van der Waals surface area (Å²) < 4.78 is 5.34. The number of ether oxygens (including phenoxy) is 1. The van der Waals surface area contributed by atoms with Crippen LogP contribution < -0.4 is 10.1 Å². The Bertz CT molecular complexity index is 402. The second kappa shape index (κ2) is 3.77. The Morgan fingerprint density at radius 2 is 2.25 bits per heavy atom. The van der Waals surface area contributed by atoms with Gasteiger partial charge in [0, 0.05) is 6.04 Å². The smallest absolute Gasteiger partial charge is 0.119 e. The van der Waals surface area contributed by atoms with Crippen LogP contribution in [0.5, 0.6) is 5.75 Å². The zero-order chi connectivity index (χ0) is 11.1. The van der Waals surface area contributed by atoms with Gasteiger partial charge in [-0.15, -0.1) is 0 Å². The Kier molecular flexibility index (Phi) is 2.40. The molecule has 1 aromatic rings. The van der Waals surface area contributed by atoms with E-state index in [9.17, 15) is 0 Å². The molecule has 1 saturated heterocycles. The fraction of sp³-hybridized carbons (Fsp3) is 0.571. The van der Waals surface area contributed by atoms with Crippen molar-refractivity contribution in [1.82, 2.24) is 5.32 Å². The molecule has 16 heavy (non-hydrogen) atoms. The van der Waals surface area contributed by atoms with Gasteiger partial charge in [-0.2, -0.15) is 0 Å². The summed E-state index contributed by atoms with van der Waals surface area (Å²) in [5, 5.41) is 3.64. The predicted octanol–water partition coefficient (Wildman–Crippen LogP) is 2.33. The first kappa shape index (κ1) is 10.2. The summed E-state index contributed by atoms with van der Waals surface area (Å²) in [4.78, 5) is 0. The summed E-state index contributed by atoms with van der Waals surface area (Å²) in [6.45, 7) is 3.51. The van der Waals surface area contributed by atoms with Crippen LogP contribution in [0.3, 0.4) is 0 Å². The molecule has 2 nitrogen and oxygen atoms in total. The average Bonchev–Trinajstić information content (AvgIpc) is 2.33. The Morgan fingerprint density at radius 3 is 3.06 bits per heavy atom. The third-order valence-corrected chi connectivity index (χ3v) is 4.17. The van der Waals surface area contributed by atoms with Crippen molar-refractivity contribution in [2.75, 3.05) is 13.7 Å². The number of nitrogens with one attached hydrogen (secondary N) is 1. The topological polar surface area (TPSA) is 21.3 Å². The number of benzene rings is 1. The molecule has 2 aliphatic rings. The molecule has 1 N–H and O–H groups in total. The molecule has 1 heterocycles. The summed E-state index contributed by atoms with van der Waals surface area (Å²) in [7, 11) is 1.75. The van der Waals surface area contributed by atoms with Crippen LogP contribution in [0.15, 0.2) is 18.2 Å². The van der Waals surface area contributed by atoms with E-state index < -0.39 is 0 Å². The average molecular weight is 217 g/mol. The molecule has 0 radical (unpaired) electrons. The highest BCUT2D eigenvalue weighted by Gasteiger charge is 2.34. The van der Waals surface area contributed by atoms with Crippen LogP contribution >= 0.6 is 0 Å². The van der Waals surface area contributed by atoms with Gasteiger partial charge in [-0.3, -0.25) is 0 Å². The van der Waals surface area contributed by atoms with Crippen LogP contribution in [0.25, 0.3) is 0 Å². The van der Waals surface area contributed by atoms with Crippen molar-refractivity contribution in [3.05, 3.63) is 29.3 Å². The third-order valence-electron chi connectivity index (χ3n) is 4.17. The van der Waals surface area contributed by atoms with Gasteiger partial charge in [0.05, 0.1) is 7.11 Å². The first-order chi connectivity index (χ1) is 7.78. The summed E-state index contributed by atoms with van der Waals surface area (Å²) >= 11 is 0. The minimum atomic E-state index is 0.696. The lowest BCUT2D eigenvalue weighted by atomic mass is 9.72. The maximum atomic E-state index is 5.34. The van der Waals surface area contributed by atoms with Crippen molar-refractivity contribution in [3.63, 3.8) is 0 Å². The molecule has 0 aromatic heterocycles. The molecule has 2 bridgehead atoms. The Morgan fingerprint density at radius 1 is 1.38 bits per heavy atom. The van der Waals surface area contributed by atoms with Crippen molar-refractivity contribution in [1.29, 1.82) is 0 Å². The van der Waals surface area contributed by atoms with Gasteiger partial charge >= 0.3 is 0 Å². The highest BCUT2D eigenvalue weighted by atomic mass is 16.5. The largest absolute Gasteiger partial charge is 0.497 e. The monoisotopic (exact) mass is 217 g/mol. The number of methoxy groups -OCH3 is 1. The van der Waals surface area contributed by atoms with Crippen molar-refractivity contribution < 1.29 is 4.74 Å². The van der Waals surface area contributed by atoms with Crippen LogP contribution in [0.2, 0.25) is 0 Å². The highest BCUT2D eigenvalue weighted by molar-refractivity contribution is 5.41. The zero-order valence-electron chi connectivity index (χ0n) is 9.99. The summed E-state index contributed by atoms with van der Waals surface area (Å²) in [6, 6.07) is 7.28. The Labute approximate surface area is 97.0 Å². The molecule has 86 valence electrons. The molecule has 1 aliphatic heterocycles. The second-order valence-corrected chi connectivity index (χ2v) is 5.19. The maximum absolute atomic E-state index is 5.34. The number of hydrogen-bond acceptors (Lipinski definition) is 2. The molecule has 2 heteroatoms. The van der Waals surface area contributed by atoms with Crippen molar-refractivity contribution >= 4 is 0 Å². The van der Waals surface area contributed by atoms with E-state index in [2.05, 4.69) is 30.4 Å². The van der Waals surface area contributed by atoms with Gasteiger partial charge in [0.1, 0.15) is 5.75 Å². The van der Waals surface area contributed by atoms with Gasteiger partial charge in [0.25, 0.3) is 0 Å². The van der Waals surface area contributed by atoms with E-state index >= 15 is 0 Å². The normalized spacial score (nSPS) is 32.0. The van der Waals surface area contributed by atoms with E-state index in [4.69, 9.17) is 4.74 Å². The quantitative estimate of drug-likeness (QED) is 0.779. The number of piperidine rings is 1. The molecular weight excluding hydrogens is 198 g/mol. The van der Waals surface area contributed by atoms with Crippen LogP contribution in [-0.2, 0) is 6.42 Å². The van der Waals surface area contributed by atoms with Crippen molar-refractivity contribution in [3.8, 4) is 5.75 Å². The van der Waals surface area contributed by atoms with Crippen LogP contribution in [0.1, 0.15) is 30.4 Å². The lowest BCUT2D eigenvalue weighted by Gasteiger charge is -2.41. The van der Waals surface area contributed by atoms with E-state index in [1.165, 1.54) is 24.0 Å². The van der Waals surface area contributed by atoms with E-state index in [-0.39, 0.29) is 0 Å². The minimum Gasteiger partial charge on any atom is -0.497 e. The van der Waals surface area contributed by atoms with Gasteiger partial charge in [-0.25, -0.2) is 0 Å². The molecule has 0 amide bonds. The number of hydrogen-bond donors (Lipinski definition) is 1. The molecule has 0 unspecified atom stereocenters. The molecule has 1 aromatic carbocycles. The van der Waals surface area contributed by atoms with Crippen LogP contribution in [-0.4, -0.2) is 19.7 Å². The lowest BCUT2D eigenvalue weighted by molar-refractivity contribution is 0.265. The first-order valence-electron chi connectivity index (χ1n) is 6.18. The molecule has 0 spiro atoms. The minimum absolute atomic E-state index is 0.696. The maximum Gasteiger partial charge on any atom is 0.119 e. The number of fused-ring (bicyclic) bond motifs is 4. The standard InChI is InChI=1S/C14H19NO/c1-9-8-15-11-5-10-3-4-12(16-2)7-14(10)13(9)6-11/h3-4,7,9,11,13,15H,5-6,8H2,1-2H3/t9-,11-,13+/m1/s1. The fourth-order valence-electron chi connectivity index (χ4n) is 3.20. The van der Waals surface area contributed by atoms with Crippen LogP contribution in [0.4, 0.5) is 0 Å². The Hall–Kier alpha value is -1.02. The molecule has 0 saturated carbocycles. The third kappa shape index (κ3) is 1.52. The fourth-order valence-corrected chi connectivity index (χ4v) is 3.20. The SMILES string of the molecule is COc1ccc2c(c1)[C@H]1C[C@@H](C2)NC[C@H]1C. The zero-order valence-corrected chi connectivity index (χ0v) is 9.99. The van der Waals surface area contributed by atoms with Crippen molar-refractivity contribution in [2.45, 2.75) is 31.7 Å². The van der Waals surface area contributed by atoms with Crippen molar-refractivity contribution in [2.24, 2.45) is 5.92 Å². The summed E-state index contributed by atoms with van der Waals surface area (Å²) in [6.07, 6.45) is 2.48. The highest BCUT2D eigenvalue weighted by Crippen LogP contribution is 2.40.